The minimum absolute atomic E-state index is 0.00985. The lowest BCUT2D eigenvalue weighted by Crippen LogP contribution is -2.21. The molecule has 0 radical (unpaired) electrons. The number of hydrogen-bond donors (Lipinski definition) is 3. The molecule has 2 amide bonds. The van der Waals surface area contributed by atoms with E-state index in [1.807, 2.05) is 44.2 Å². The average molecular weight is 561 g/mol. The molecule has 0 aliphatic heterocycles. The average Bonchev–Trinajstić information content (AvgIpc) is 3.81. The fourth-order valence-corrected chi connectivity index (χ4v) is 5.11. The van der Waals surface area contributed by atoms with E-state index in [2.05, 4.69) is 15.6 Å². The highest BCUT2D eigenvalue weighted by molar-refractivity contribution is 6.30. The first-order valence-electron chi connectivity index (χ1n) is 13.8. The summed E-state index contributed by atoms with van der Waals surface area (Å²) in [6.07, 6.45) is 5.55. The molecule has 1 heterocycles. The largest absolute Gasteiger partial charge is 0.457 e. The fourth-order valence-electron chi connectivity index (χ4n) is 5.11. The van der Waals surface area contributed by atoms with E-state index in [0.717, 1.165) is 35.1 Å². The van der Waals surface area contributed by atoms with Crippen LogP contribution < -0.4 is 15.4 Å². The maximum atomic E-state index is 13.7. The Bertz CT molecular complexity index is 1770. The van der Waals surface area contributed by atoms with Crippen molar-refractivity contribution in [2.75, 3.05) is 10.6 Å². The lowest BCUT2D eigenvalue weighted by atomic mass is 9.83. The number of nitrogens with zero attached hydrogens (tertiary/aromatic N) is 1. The van der Waals surface area contributed by atoms with Gasteiger partial charge in [0.25, 0.3) is 5.91 Å². The Labute approximate surface area is 243 Å². The number of halogens is 1. The van der Waals surface area contributed by atoms with Crippen LogP contribution in [0.1, 0.15) is 42.9 Å². The number of benzene rings is 3. The quantitative estimate of drug-likeness (QED) is 0.217. The summed E-state index contributed by atoms with van der Waals surface area (Å²) in [5.41, 5.74) is 6.83. The monoisotopic (exact) mass is 560 g/mol. The molecule has 0 bridgehead atoms. The van der Waals surface area contributed by atoms with Gasteiger partial charge in [-0.3, -0.25) is 14.6 Å². The van der Waals surface area contributed by atoms with Crippen LogP contribution in [-0.4, -0.2) is 22.5 Å². The number of carbonyl (C=O) groups is 2. The van der Waals surface area contributed by atoms with Crippen LogP contribution in [0.15, 0.2) is 84.7 Å². The zero-order valence-electron chi connectivity index (χ0n) is 23.3. The van der Waals surface area contributed by atoms with Gasteiger partial charge in [0.15, 0.2) is 0 Å². The summed E-state index contributed by atoms with van der Waals surface area (Å²) in [6.45, 7) is 3.75. The van der Waals surface area contributed by atoms with E-state index in [-0.39, 0.29) is 23.5 Å². The van der Waals surface area contributed by atoms with E-state index in [1.54, 1.807) is 36.7 Å². The highest BCUT2D eigenvalue weighted by Gasteiger charge is 2.30. The number of ether oxygens (including phenoxy) is 1. The first kappa shape index (κ1) is 27.1. The first-order valence-corrected chi connectivity index (χ1v) is 13.8. The van der Waals surface area contributed by atoms with Crippen molar-refractivity contribution in [3.63, 3.8) is 0 Å². The van der Waals surface area contributed by atoms with Crippen molar-refractivity contribution in [1.29, 1.82) is 5.41 Å². The number of carbonyl (C=O) groups excluding carboxylic acids is 2. The van der Waals surface area contributed by atoms with Crippen LogP contribution in [0.3, 0.4) is 0 Å². The third-order valence-corrected chi connectivity index (χ3v) is 7.47. The minimum atomic E-state index is -0.337. The van der Waals surface area contributed by atoms with Crippen molar-refractivity contribution in [3.8, 4) is 22.6 Å². The number of anilines is 2. The predicted octanol–water partition coefficient (Wildman–Crippen LogP) is 7.52. The molecule has 4 aromatic rings. The van der Waals surface area contributed by atoms with Gasteiger partial charge in [0.2, 0.25) is 5.91 Å². The summed E-state index contributed by atoms with van der Waals surface area (Å²) >= 11 is 0. The predicted molar refractivity (Wildman–Crippen MR) is 161 cm³/mol. The highest BCUT2D eigenvalue weighted by Crippen LogP contribution is 2.36. The van der Waals surface area contributed by atoms with Gasteiger partial charge in [-0.25, -0.2) is 4.39 Å². The zero-order valence-corrected chi connectivity index (χ0v) is 23.3. The van der Waals surface area contributed by atoms with E-state index in [9.17, 15) is 14.0 Å². The molecule has 7 nitrogen and oxygen atoms in total. The second-order valence-corrected chi connectivity index (χ2v) is 10.8. The van der Waals surface area contributed by atoms with Gasteiger partial charge < -0.3 is 20.8 Å². The molecule has 1 saturated carbocycles. The number of rotatable bonds is 7. The smallest absolute Gasteiger partial charge is 0.256 e. The second-order valence-electron chi connectivity index (χ2n) is 10.8. The van der Waals surface area contributed by atoms with Crippen LogP contribution in [-0.2, 0) is 9.59 Å². The molecule has 2 aliphatic carbocycles. The molecule has 1 fully saturated rings. The summed E-state index contributed by atoms with van der Waals surface area (Å²) in [5.74, 6) is 0.598. The molecule has 6 rings (SSSR count). The number of aryl methyl sites for hydroxylation is 1. The molecule has 8 heteroatoms. The maximum absolute atomic E-state index is 13.7. The second kappa shape index (κ2) is 11.0. The number of pyridine rings is 1. The molecule has 2 aliphatic rings. The first-order chi connectivity index (χ1) is 20.2. The third kappa shape index (κ3) is 5.69. The third-order valence-electron chi connectivity index (χ3n) is 7.47. The van der Waals surface area contributed by atoms with E-state index >= 15 is 0 Å². The summed E-state index contributed by atoms with van der Waals surface area (Å²) in [4.78, 5) is 30.3. The Morgan fingerprint density at radius 1 is 0.881 bits per heavy atom. The minimum Gasteiger partial charge on any atom is -0.457 e. The van der Waals surface area contributed by atoms with Crippen molar-refractivity contribution in [1.82, 2.24) is 4.98 Å². The van der Waals surface area contributed by atoms with Crippen LogP contribution >= 0.6 is 0 Å². The molecule has 42 heavy (non-hydrogen) atoms. The lowest BCUT2D eigenvalue weighted by molar-refractivity contribution is -0.117. The molecule has 0 saturated heterocycles. The number of nitrogens with one attached hydrogen (secondary N) is 3. The van der Waals surface area contributed by atoms with Crippen LogP contribution in [0.2, 0.25) is 0 Å². The molecule has 0 atom stereocenters. The molecule has 3 aromatic carbocycles. The van der Waals surface area contributed by atoms with Crippen LogP contribution in [0, 0.1) is 24.1 Å². The van der Waals surface area contributed by atoms with Gasteiger partial charge in [-0.05, 0) is 98.0 Å². The summed E-state index contributed by atoms with van der Waals surface area (Å²) < 4.78 is 19.1. The summed E-state index contributed by atoms with van der Waals surface area (Å²) in [7, 11) is 0. The van der Waals surface area contributed by atoms with Crippen LogP contribution in [0.25, 0.3) is 16.7 Å². The molecule has 0 unspecified atom stereocenters. The van der Waals surface area contributed by atoms with Crippen molar-refractivity contribution < 1.29 is 18.7 Å². The zero-order chi connectivity index (χ0) is 29.4. The van der Waals surface area contributed by atoms with Gasteiger partial charge >= 0.3 is 0 Å². The Balaban J connectivity index is 1.25. The van der Waals surface area contributed by atoms with Crippen LogP contribution in [0.4, 0.5) is 15.8 Å². The van der Waals surface area contributed by atoms with E-state index in [0.29, 0.717) is 51.7 Å². The van der Waals surface area contributed by atoms with Gasteiger partial charge in [0.1, 0.15) is 17.3 Å². The number of amides is 2. The molecule has 3 N–H and O–H groups in total. The SMILES string of the molecule is CC1=C(C(=O)Nc2ccc(Oc3ccc(F)cc3)c(C)c2)c2cc(-c3cncc(NC(=O)C4CC4)c3)ccc2C(=N)C1. The van der Waals surface area contributed by atoms with Crippen molar-refractivity contribution in [2.45, 2.75) is 33.1 Å². The Morgan fingerprint density at radius 2 is 1.67 bits per heavy atom. The Hall–Kier alpha value is -5.11. The van der Waals surface area contributed by atoms with Crippen molar-refractivity contribution in [2.24, 2.45) is 5.92 Å². The summed E-state index contributed by atoms with van der Waals surface area (Å²) in [6, 6.07) is 18.7. The standard InChI is InChI=1S/C34H29FN4O3/c1-19-13-25(8-12-31(19)42-27-9-6-24(35)7-10-27)38-34(41)32-20(2)14-30(36)28-11-5-22(16-29(28)32)23-15-26(18-37-17-23)39-33(40)21-3-4-21/h5-13,15-18,21,36H,3-4,14H2,1-2H3,(H,38,41)(H,39,40). The van der Waals surface area contributed by atoms with Gasteiger partial charge in [-0.2, -0.15) is 0 Å². The molecular formula is C34H29FN4O3. The van der Waals surface area contributed by atoms with E-state index < -0.39 is 0 Å². The number of allylic oxidation sites excluding steroid dienone is 1. The van der Waals surface area contributed by atoms with Gasteiger partial charge in [0, 0.05) is 46.6 Å². The molecule has 1 aromatic heterocycles. The van der Waals surface area contributed by atoms with Gasteiger partial charge in [-0.15, -0.1) is 0 Å². The molecule has 210 valence electrons. The Kier molecular flexibility index (Phi) is 7.12. The maximum Gasteiger partial charge on any atom is 0.256 e. The molecule has 0 spiro atoms. The molecular weight excluding hydrogens is 531 g/mol. The number of aromatic nitrogens is 1. The fraction of sp³-hybridized carbons (Fsp3) is 0.176. The van der Waals surface area contributed by atoms with Crippen LogP contribution in [0.5, 0.6) is 11.5 Å². The number of fused-ring (bicyclic) bond motifs is 1. The summed E-state index contributed by atoms with van der Waals surface area (Å²) in [5, 5.41) is 14.5. The highest BCUT2D eigenvalue weighted by atomic mass is 19.1. The lowest BCUT2D eigenvalue weighted by Gasteiger charge is -2.23. The van der Waals surface area contributed by atoms with Crippen molar-refractivity contribution in [3.05, 3.63) is 107 Å². The van der Waals surface area contributed by atoms with Crippen molar-refractivity contribution >= 4 is 34.5 Å². The van der Waals surface area contributed by atoms with E-state index in [4.69, 9.17) is 10.1 Å². The van der Waals surface area contributed by atoms with Gasteiger partial charge in [-0.1, -0.05) is 17.7 Å². The Morgan fingerprint density at radius 3 is 2.40 bits per heavy atom. The normalized spacial score (nSPS) is 14.3. The van der Waals surface area contributed by atoms with E-state index in [1.165, 1.54) is 12.1 Å². The topological polar surface area (TPSA) is 104 Å². The van der Waals surface area contributed by atoms with Gasteiger partial charge in [0.05, 0.1) is 11.9 Å². The number of hydrogen-bond acceptors (Lipinski definition) is 5.